The van der Waals surface area contributed by atoms with Gasteiger partial charge in [-0.25, -0.2) is 0 Å². The highest BCUT2D eigenvalue weighted by Crippen LogP contribution is 2.40. The van der Waals surface area contributed by atoms with E-state index in [0.717, 1.165) is 6.61 Å². The molecule has 1 heterocycles. The number of hydrogen-bond donors (Lipinski definition) is 1. The maximum atomic E-state index is 6.20. The Morgan fingerprint density at radius 3 is 2.78 bits per heavy atom. The normalized spacial score (nSPS) is 34.9. The molecule has 18 heavy (non-hydrogen) atoms. The van der Waals surface area contributed by atoms with Crippen molar-refractivity contribution >= 4 is 0 Å². The molecule has 2 nitrogen and oxygen atoms in total. The van der Waals surface area contributed by atoms with Crippen molar-refractivity contribution < 1.29 is 4.74 Å². The summed E-state index contributed by atoms with van der Waals surface area (Å²) in [5, 5.41) is 3.80. The number of nitrogens with one attached hydrogen (secondary N) is 1. The van der Waals surface area contributed by atoms with Crippen LogP contribution in [0.2, 0.25) is 0 Å². The van der Waals surface area contributed by atoms with E-state index in [0.29, 0.717) is 23.6 Å². The monoisotopic (exact) mass is 245 g/mol. The third-order valence-electron chi connectivity index (χ3n) is 4.53. The van der Waals surface area contributed by atoms with Crippen molar-refractivity contribution in [3.63, 3.8) is 0 Å². The predicted octanol–water partition coefficient (Wildman–Crippen LogP) is 3.29. The number of ether oxygens (including phenoxy) is 1. The number of benzene rings is 1. The van der Waals surface area contributed by atoms with Crippen LogP contribution in [0.25, 0.3) is 0 Å². The van der Waals surface area contributed by atoms with E-state index < -0.39 is 0 Å². The second kappa shape index (κ2) is 4.67. The van der Waals surface area contributed by atoms with E-state index >= 15 is 0 Å². The Hall–Kier alpha value is -0.860. The second-order valence-electron chi connectivity index (χ2n) is 6.37. The minimum Gasteiger partial charge on any atom is -0.374 e. The fourth-order valence-electron chi connectivity index (χ4n) is 3.51. The van der Waals surface area contributed by atoms with E-state index in [1.165, 1.54) is 24.8 Å². The first-order valence-electron chi connectivity index (χ1n) is 7.09. The van der Waals surface area contributed by atoms with Crippen LogP contribution < -0.4 is 5.32 Å². The van der Waals surface area contributed by atoms with Gasteiger partial charge in [-0.1, -0.05) is 50.6 Å². The summed E-state index contributed by atoms with van der Waals surface area (Å²) in [6, 6.07) is 11.5. The first kappa shape index (κ1) is 12.2. The lowest BCUT2D eigenvalue weighted by atomic mass is 9.71. The Morgan fingerprint density at radius 2 is 2.00 bits per heavy atom. The molecule has 0 spiro atoms. The van der Waals surface area contributed by atoms with Crippen LogP contribution in [-0.2, 0) is 4.74 Å². The summed E-state index contributed by atoms with van der Waals surface area (Å²) < 4.78 is 6.20. The van der Waals surface area contributed by atoms with Crippen LogP contribution in [0, 0.1) is 5.41 Å². The fraction of sp³-hybridized carbons (Fsp3) is 0.625. The molecule has 2 heteroatoms. The van der Waals surface area contributed by atoms with E-state index in [4.69, 9.17) is 4.74 Å². The number of hydrogen-bond acceptors (Lipinski definition) is 2. The van der Waals surface area contributed by atoms with Crippen molar-refractivity contribution in [3.8, 4) is 0 Å². The number of rotatable bonds is 1. The van der Waals surface area contributed by atoms with Crippen LogP contribution in [0.15, 0.2) is 30.3 Å². The molecule has 2 fully saturated rings. The van der Waals surface area contributed by atoms with Gasteiger partial charge in [0.15, 0.2) is 0 Å². The van der Waals surface area contributed by atoms with Crippen LogP contribution in [0.3, 0.4) is 0 Å². The lowest BCUT2D eigenvalue weighted by Gasteiger charge is -2.48. The molecule has 0 bridgehead atoms. The van der Waals surface area contributed by atoms with Gasteiger partial charge in [0.05, 0.1) is 18.8 Å². The van der Waals surface area contributed by atoms with Crippen LogP contribution in [-0.4, -0.2) is 18.8 Å². The SMILES string of the molecule is CC1(C)CCCC2NC(c3ccccc3)COC21. The zero-order valence-electron chi connectivity index (χ0n) is 11.4. The van der Waals surface area contributed by atoms with Crippen molar-refractivity contribution in [1.29, 1.82) is 0 Å². The van der Waals surface area contributed by atoms with Gasteiger partial charge < -0.3 is 10.1 Å². The summed E-state index contributed by atoms with van der Waals surface area (Å²) in [7, 11) is 0. The van der Waals surface area contributed by atoms with E-state index in [-0.39, 0.29) is 0 Å². The summed E-state index contributed by atoms with van der Waals surface area (Å²) in [5.41, 5.74) is 1.66. The minimum absolute atomic E-state index is 0.317. The highest BCUT2D eigenvalue weighted by molar-refractivity contribution is 5.20. The Morgan fingerprint density at radius 1 is 1.22 bits per heavy atom. The standard InChI is InChI=1S/C16H23NO/c1-16(2)10-6-9-13-15(16)18-11-14(17-13)12-7-4-3-5-8-12/h3-5,7-8,13-15,17H,6,9-11H2,1-2H3. The topological polar surface area (TPSA) is 21.3 Å². The summed E-state index contributed by atoms with van der Waals surface area (Å²) >= 11 is 0. The molecule has 3 atom stereocenters. The lowest BCUT2D eigenvalue weighted by molar-refractivity contribution is -0.108. The van der Waals surface area contributed by atoms with Crippen LogP contribution in [0.4, 0.5) is 0 Å². The van der Waals surface area contributed by atoms with Gasteiger partial charge in [0, 0.05) is 6.04 Å². The molecule has 0 amide bonds. The quantitative estimate of drug-likeness (QED) is 0.819. The molecule has 1 aromatic carbocycles. The van der Waals surface area contributed by atoms with Gasteiger partial charge in [0.25, 0.3) is 0 Å². The zero-order valence-corrected chi connectivity index (χ0v) is 11.4. The summed E-state index contributed by atoms with van der Waals surface area (Å²) in [6.07, 6.45) is 4.22. The van der Waals surface area contributed by atoms with Crippen LogP contribution in [0.1, 0.15) is 44.7 Å². The molecule has 98 valence electrons. The Bertz CT molecular complexity index is 401. The number of fused-ring (bicyclic) bond motifs is 1. The lowest BCUT2D eigenvalue weighted by Crippen LogP contribution is -2.57. The summed E-state index contributed by atoms with van der Waals surface area (Å²) in [5.74, 6) is 0. The third-order valence-corrected chi connectivity index (χ3v) is 4.53. The molecule has 1 N–H and O–H groups in total. The van der Waals surface area contributed by atoms with Gasteiger partial charge in [-0.05, 0) is 23.8 Å². The van der Waals surface area contributed by atoms with Crippen molar-refractivity contribution in [3.05, 3.63) is 35.9 Å². The van der Waals surface area contributed by atoms with Gasteiger partial charge in [-0.2, -0.15) is 0 Å². The highest BCUT2D eigenvalue weighted by Gasteiger charge is 2.43. The van der Waals surface area contributed by atoms with Crippen molar-refractivity contribution in [2.24, 2.45) is 5.41 Å². The number of morpholine rings is 1. The molecule has 3 unspecified atom stereocenters. The highest BCUT2D eigenvalue weighted by atomic mass is 16.5. The van der Waals surface area contributed by atoms with Gasteiger partial charge >= 0.3 is 0 Å². The van der Waals surface area contributed by atoms with Gasteiger partial charge in [-0.3, -0.25) is 0 Å². The molecule has 1 aliphatic carbocycles. The maximum absolute atomic E-state index is 6.20. The van der Waals surface area contributed by atoms with Gasteiger partial charge in [0.1, 0.15) is 0 Å². The van der Waals surface area contributed by atoms with Gasteiger partial charge in [-0.15, -0.1) is 0 Å². The molecule has 1 aliphatic heterocycles. The smallest absolute Gasteiger partial charge is 0.0779 e. The zero-order chi connectivity index (χ0) is 12.6. The predicted molar refractivity (Wildman–Crippen MR) is 73.5 cm³/mol. The van der Waals surface area contributed by atoms with Crippen LogP contribution >= 0.6 is 0 Å². The molecule has 1 saturated carbocycles. The van der Waals surface area contributed by atoms with Crippen molar-refractivity contribution in [2.45, 2.75) is 51.3 Å². The first-order valence-corrected chi connectivity index (χ1v) is 7.09. The Balaban J connectivity index is 1.75. The van der Waals surface area contributed by atoms with E-state index in [1.807, 2.05) is 0 Å². The van der Waals surface area contributed by atoms with Crippen molar-refractivity contribution in [1.82, 2.24) is 5.32 Å². The maximum Gasteiger partial charge on any atom is 0.0779 e. The first-order chi connectivity index (χ1) is 8.67. The summed E-state index contributed by atoms with van der Waals surface area (Å²) in [4.78, 5) is 0. The van der Waals surface area contributed by atoms with Crippen LogP contribution in [0.5, 0.6) is 0 Å². The molecule has 0 radical (unpaired) electrons. The molecule has 1 saturated heterocycles. The third kappa shape index (κ3) is 2.19. The van der Waals surface area contributed by atoms with E-state index in [2.05, 4.69) is 49.5 Å². The average molecular weight is 245 g/mol. The fourth-order valence-corrected chi connectivity index (χ4v) is 3.51. The van der Waals surface area contributed by atoms with E-state index in [9.17, 15) is 0 Å². The summed E-state index contributed by atoms with van der Waals surface area (Å²) in [6.45, 7) is 5.48. The van der Waals surface area contributed by atoms with Gasteiger partial charge in [0.2, 0.25) is 0 Å². The minimum atomic E-state index is 0.317. The average Bonchev–Trinajstić information content (AvgIpc) is 2.39. The molecule has 0 aromatic heterocycles. The van der Waals surface area contributed by atoms with Crippen molar-refractivity contribution in [2.75, 3.05) is 6.61 Å². The molecular formula is C16H23NO. The Labute approximate surface area is 110 Å². The second-order valence-corrected chi connectivity index (χ2v) is 6.37. The van der Waals surface area contributed by atoms with E-state index in [1.54, 1.807) is 0 Å². The molecular weight excluding hydrogens is 222 g/mol. The molecule has 3 rings (SSSR count). The Kier molecular flexibility index (Phi) is 3.16. The molecule has 2 aliphatic rings. The molecule has 1 aromatic rings. The largest absolute Gasteiger partial charge is 0.374 e.